The van der Waals surface area contributed by atoms with E-state index in [-0.39, 0.29) is 81.0 Å². The van der Waals surface area contributed by atoms with Gasteiger partial charge in [0.1, 0.15) is 30.5 Å². The van der Waals surface area contributed by atoms with Crippen LogP contribution in [0.2, 0.25) is 0 Å². The molecule has 0 aliphatic carbocycles. The van der Waals surface area contributed by atoms with Gasteiger partial charge in [-0.1, -0.05) is 0 Å². The number of phosphoric ester groups is 1. The summed E-state index contributed by atoms with van der Waals surface area (Å²) < 4.78 is 37.4. The van der Waals surface area contributed by atoms with Crippen LogP contribution < -0.4 is 45.1 Å². The summed E-state index contributed by atoms with van der Waals surface area (Å²) in [4.78, 5) is 61.4. The molecular weight excluding hydrogens is 684 g/mol. The number of aliphatic hydroxyl groups excluding tert-OH is 5. The first-order valence-corrected chi connectivity index (χ1v) is 17.0. The Kier molecular flexibility index (Phi) is 20.8. The van der Waals surface area contributed by atoms with Crippen molar-refractivity contribution in [3.8, 4) is 0 Å². The number of amides is 4. The molecule has 0 bridgehead atoms. The minimum absolute atomic E-state index is 0. The molecule has 0 spiro atoms. The van der Waals surface area contributed by atoms with Crippen molar-refractivity contribution >= 4 is 43.2 Å². The van der Waals surface area contributed by atoms with E-state index in [2.05, 4.69) is 10.6 Å². The third-order valence-corrected chi connectivity index (χ3v) is 8.99. The molecule has 0 aromatic carbocycles. The molecule has 0 radical (unpaired) electrons. The number of likely N-dealkylation sites (tertiary alicyclic amines) is 1. The first kappa shape index (κ1) is 44.2. The van der Waals surface area contributed by atoms with Gasteiger partial charge >= 0.3 is 29.6 Å². The fourth-order valence-electron chi connectivity index (χ4n) is 4.22. The number of hydrogen-bond acceptors (Lipinski definition) is 17. The Hall–Kier alpha value is -0.780. The third-order valence-electron chi connectivity index (χ3n) is 6.78. The zero-order valence-corrected chi connectivity index (χ0v) is 30.1. The molecule has 4 amide bonds. The molecule has 2 aliphatic heterocycles. The number of thioether (sulfide) groups is 1. The minimum atomic E-state index is -5.05. The van der Waals surface area contributed by atoms with E-state index in [1.54, 1.807) is 0 Å². The van der Waals surface area contributed by atoms with E-state index in [9.17, 15) is 54.2 Å². The number of rotatable bonds is 22. The minimum Gasteiger partial charge on any atom is -0.756 e. The molecule has 22 heteroatoms. The summed E-state index contributed by atoms with van der Waals surface area (Å²) >= 11 is 1.22. The van der Waals surface area contributed by atoms with Crippen molar-refractivity contribution in [3.05, 3.63) is 0 Å². The summed E-state index contributed by atoms with van der Waals surface area (Å²) in [5, 5.41) is 53.1. The van der Waals surface area contributed by atoms with Crippen LogP contribution in [-0.4, -0.2) is 161 Å². The Morgan fingerprint density at radius 3 is 2.51 bits per heavy atom. The monoisotopic (exact) mass is 727 g/mol. The molecular formula is C25H43N3NaO16PS. The maximum atomic E-state index is 12.5. The number of phosphoric acid groups is 1. The van der Waals surface area contributed by atoms with Gasteiger partial charge in [-0.05, 0) is 6.92 Å². The Balaban J connectivity index is 0.0000110. The van der Waals surface area contributed by atoms with Crippen LogP contribution >= 0.6 is 19.6 Å². The van der Waals surface area contributed by atoms with Crippen molar-refractivity contribution in [2.24, 2.45) is 0 Å². The molecule has 2 fully saturated rings. The molecule has 2 aliphatic rings. The van der Waals surface area contributed by atoms with Gasteiger partial charge in [0.2, 0.25) is 23.6 Å². The van der Waals surface area contributed by atoms with Gasteiger partial charge in [0.05, 0.1) is 44.4 Å². The van der Waals surface area contributed by atoms with E-state index in [1.165, 1.54) is 25.7 Å². The van der Waals surface area contributed by atoms with Crippen molar-refractivity contribution in [3.63, 3.8) is 0 Å². The smallest absolute Gasteiger partial charge is 0.756 e. The van der Waals surface area contributed by atoms with Crippen LogP contribution in [0.1, 0.15) is 26.2 Å². The van der Waals surface area contributed by atoms with Crippen LogP contribution in [0.4, 0.5) is 0 Å². The average molecular weight is 728 g/mol. The van der Waals surface area contributed by atoms with Gasteiger partial charge in [-0.2, -0.15) is 0 Å². The van der Waals surface area contributed by atoms with Gasteiger partial charge in [-0.3, -0.25) is 28.6 Å². The molecule has 6 unspecified atom stereocenters. The summed E-state index contributed by atoms with van der Waals surface area (Å²) in [6, 6.07) is 0. The van der Waals surface area contributed by atoms with Crippen LogP contribution in [0.3, 0.4) is 0 Å². The molecule has 0 saturated carbocycles. The zero-order valence-electron chi connectivity index (χ0n) is 26.4. The second-order valence-corrected chi connectivity index (χ2v) is 13.0. The average Bonchev–Trinajstić information content (AvgIpc) is 3.45. The molecule has 2 rings (SSSR count). The van der Waals surface area contributed by atoms with Gasteiger partial charge in [-0.25, -0.2) is 0 Å². The Morgan fingerprint density at radius 1 is 1.17 bits per heavy atom. The molecule has 19 nitrogen and oxygen atoms in total. The number of imide groups is 1. The summed E-state index contributed by atoms with van der Waals surface area (Å²) in [7, 11) is -3.54. The van der Waals surface area contributed by atoms with Gasteiger partial charge < -0.3 is 64.3 Å². The predicted molar refractivity (Wildman–Crippen MR) is 155 cm³/mol. The van der Waals surface area contributed by atoms with Crippen molar-refractivity contribution in [2.45, 2.75) is 74.3 Å². The van der Waals surface area contributed by atoms with Crippen molar-refractivity contribution in [2.75, 3.05) is 58.9 Å². The van der Waals surface area contributed by atoms with E-state index in [0.717, 1.165) is 4.90 Å². The second-order valence-electron chi connectivity index (χ2n) is 10.3. The van der Waals surface area contributed by atoms with Crippen LogP contribution in [0.25, 0.3) is 0 Å². The van der Waals surface area contributed by atoms with Gasteiger partial charge in [0.25, 0.3) is 7.82 Å². The number of nitrogens with zero attached hydrogens (tertiary/aromatic N) is 1. The van der Waals surface area contributed by atoms with Crippen LogP contribution in [0, 0.1) is 0 Å². The summed E-state index contributed by atoms with van der Waals surface area (Å²) in [6.45, 7) is -0.932. The quantitative estimate of drug-likeness (QED) is 0.0236. The summed E-state index contributed by atoms with van der Waals surface area (Å²) in [5.74, 6) is -1.03. The number of carbonyl (C=O) groups is 4. The van der Waals surface area contributed by atoms with Crippen LogP contribution in [0.5, 0.6) is 0 Å². The maximum absolute atomic E-state index is 12.5. The van der Waals surface area contributed by atoms with E-state index >= 15 is 0 Å². The van der Waals surface area contributed by atoms with Crippen molar-refractivity contribution < 1.29 is 107 Å². The van der Waals surface area contributed by atoms with E-state index in [0.29, 0.717) is 5.75 Å². The van der Waals surface area contributed by atoms with Gasteiger partial charge in [0.15, 0.2) is 6.29 Å². The standard InChI is InChI=1S/C25H44N3O16PS.Na/c1-14(30)21(35)15(31)13-41-25-22(36)23(16(12-29)43-25)44-45(38,39)42-9-8-40-7-5-27-19(33)3-6-28-20(34)11-17(24(28)37)46-10-4-18(32)26-2;/h14-17,21-23,25,29-31,35-36H,3-13H2,1-2H3,(H,26,32)(H,27,33)(H,38,39);/q;+1/p-1/t14?,15?,16-,17?,21?,22?,23+,25-;/m1./s1. The molecule has 9 atom stereocenters. The Labute approximate surface area is 297 Å². The molecule has 47 heavy (non-hydrogen) atoms. The largest absolute Gasteiger partial charge is 1.00 e. The third kappa shape index (κ3) is 14.9. The van der Waals surface area contributed by atoms with Crippen LogP contribution in [-0.2, 0) is 47.0 Å². The van der Waals surface area contributed by atoms with Crippen molar-refractivity contribution in [1.29, 1.82) is 0 Å². The molecule has 0 aromatic heterocycles. The van der Waals surface area contributed by atoms with Crippen molar-refractivity contribution in [1.82, 2.24) is 15.5 Å². The van der Waals surface area contributed by atoms with E-state index in [1.807, 2.05) is 0 Å². The zero-order chi connectivity index (χ0) is 34.4. The maximum Gasteiger partial charge on any atom is 1.00 e. The van der Waals surface area contributed by atoms with Crippen LogP contribution in [0.15, 0.2) is 0 Å². The fourth-order valence-corrected chi connectivity index (χ4v) is 6.26. The Morgan fingerprint density at radius 2 is 1.87 bits per heavy atom. The van der Waals surface area contributed by atoms with Gasteiger partial charge in [0, 0.05) is 45.2 Å². The number of carbonyl (C=O) groups excluding carboxylic acids is 4. The molecule has 7 N–H and O–H groups in total. The van der Waals surface area contributed by atoms with E-state index in [4.69, 9.17) is 23.3 Å². The molecule has 2 saturated heterocycles. The molecule has 0 aromatic rings. The fraction of sp³-hybridized carbons (Fsp3) is 0.840. The molecule has 2 heterocycles. The number of nitrogens with one attached hydrogen (secondary N) is 2. The van der Waals surface area contributed by atoms with E-state index < -0.39 is 93.5 Å². The number of ether oxygens (including phenoxy) is 3. The molecule has 266 valence electrons. The normalized spacial score (nSPS) is 26.0. The summed E-state index contributed by atoms with van der Waals surface area (Å²) in [6.07, 6.45) is -10.5. The number of aliphatic hydroxyl groups is 5. The predicted octanol–water partition coefficient (Wildman–Crippen LogP) is -7.42. The topological polar surface area (TPSA) is 283 Å². The van der Waals surface area contributed by atoms with Gasteiger partial charge in [-0.15, -0.1) is 11.8 Å². The number of hydrogen-bond donors (Lipinski definition) is 7. The SMILES string of the molecule is CNC(=O)CCSC1CC(=O)N(CCC(=O)NCCOCCOP(=O)([O-])O[C@@H]2C(O)[C@H](OCC(O)C(O)C(C)O)O[C@@H]2CO)C1=O.[Na+]. The summed E-state index contributed by atoms with van der Waals surface area (Å²) in [5.41, 5.74) is 0. The Bertz CT molecular complexity index is 1060. The second kappa shape index (κ2) is 22.1. The first-order chi connectivity index (χ1) is 21.7. The first-order valence-electron chi connectivity index (χ1n) is 14.5.